The van der Waals surface area contributed by atoms with Crippen LogP contribution in [0.25, 0.3) is 0 Å². The van der Waals surface area contributed by atoms with E-state index in [9.17, 15) is 4.79 Å². The molecule has 1 N–H and O–H groups in total. The van der Waals surface area contributed by atoms with Gasteiger partial charge in [0.1, 0.15) is 0 Å². The van der Waals surface area contributed by atoms with E-state index in [-0.39, 0.29) is 12.1 Å². The number of amides is 2. The summed E-state index contributed by atoms with van der Waals surface area (Å²) in [5.41, 5.74) is 0.940. The van der Waals surface area contributed by atoms with Gasteiger partial charge < -0.3 is 10.2 Å². The van der Waals surface area contributed by atoms with Crippen molar-refractivity contribution in [3.05, 3.63) is 11.8 Å². The first-order valence-electron chi connectivity index (χ1n) is 3.33. The largest absolute Gasteiger partial charge is 0.321 e. The Morgan fingerprint density at radius 3 is 2.80 bits per heavy atom. The summed E-state index contributed by atoms with van der Waals surface area (Å²) in [6.07, 6.45) is 2.02. The van der Waals surface area contributed by atoms with Crippen LogP contribution in [0.2, 0.25) is 0 Å². The molecule has 0 fully saturated rings. The summed E-state index contributed by atoms with van der Waals surface area (Å²) >= 11 is 0. The Kier molecular flexibility index (Phi) is 1.66. The highest BCUT2D eigenvalue weighted by atomic mass is 16.2. The van der Waals surface area contributed by atoms with Crippen LogP contribution >= 0.6 is 0 Å². The highest BCUT2D eigenvalue weighted by molar-refractivity contribution is 5.77. The molecule has 0 bridgehead atoms. The fourth-order valence-electron chi connectivity index (χ4n) is 0.957. The van der Waals surface area contributed by atoms with Gasteiger partial charge in [-0.05, 0) is 19.9 Å². The normalized spacial score (nSPS) is 25.9. The number of rotatable bonds is 0. The fourth-order valence-corrected chi connectivity index (χ4v) is 0.957. The minimum atomic E-state index is -0.0208. The predicted octanol–water partition coefficient (Wildman–Crippen LogP) is 0.934. The van der Waals surface area contributed by atoms with Crippen molar-refractivity contribution in [2.75, 3.05) is 7.05 Å². The number of carbonyl (C=O) groups excluding carboxylic acids is 1. The first-order valence-corrected chi connectivity index (χ1v) is 3.33. The number of allylic oxidation sites excluding steroid dienone is 1. The number of hydrogen-bond donors (Lipinski definition) is 1. The number of likely N-dealkylation sites (N-methyl/N-ethyl adjacent to an activating group) is 1. The number of urea groups is 1. The van der Waals surface area contributed by atoms with Gasteiger partial charge in [-0.2, -0.15) is 0 Å². The zero-order valence-electron chi connectivity index (χ0n) is 6.51. The van der Waals surface area contributed by atoms with Crippen molar-refractivity contribution in [3.8, 4) is 0 Å². The van der Waals surface area contributed by atoms with E-state index in [2.05, 4.69) is 5.32 Å². The molecule has 0 aromatic carbocycles. The van der Waals surface area contributed by atoms with E-state index in [1.165, 1.54) is 0 Å². The van der Waals surface area contributed by atoms with Crippen LogP contribution in [0, 0.1) is 0 Å². The summed E-state index contributed by atoms with van der Waals surface area (Å²) in [6, 6.07) is 0.196. The van der Waals surface area contributed by atoms with Gasteiger partial charge in [0.2, 0.25) is 0 Å². The Labute approximate surface area is 60.7 Å². The van der Waals surface area contributed by atoms with Crippen molar-refractivity contribution in [2.24, 2.45) is 0 Å². The molecule has 0 aliphatic carbocycles. The molecule has 1 heterocycles. The van der Waals surface area contributed by atoms with Crippen molar-refractivity contribution < 1.29 is 4.79 Å². The molecule has 0 saturated carbocycles. The average molecular weight is 140 g/mol. The summed E-state index contributed by atoms with van der Waals surface area (Å²) in [4.78, 5) is 12.6. The van der Waals surface area contributed by atoms with Crippen molar-refractivity contribution in [3.63, 3.8) is 0 Å². The van der Waals surface area contributed by atoms with Crippen molar-refractivity contribution in [1.29, 1.82) is 0 Å². The number of carbonyl (C=O) groups is 1. The summed E-state index contributed by atoms with van der Waals surface area (Å²) in [5, 5.41) is 2.71. The standard InChI is InChI=1S/C7H12N2O/c1-5-4-6(2)9(3)7(10)8-5/h4,6H,1-3H3,(H,8,10). The maximum Gasteiger partial charge on any atom is 0.321 e. The Hall–Kier alpha value is -0.990. The SMILES string of the molecule is CC1=CC(C)N(C)C(=O)N1. The van der Waals surface area contributed by atoms with E-state index >= 15 is 0 Å². The lowest BCUT2D eigenvalue weighted by molar-refractivity contribution is 0.200. The Morgan fingerprint density at radius 2 is 2.30 bits per heavy atom. The molecule has 0 saturated heterocycles. The van der Waals surface area contributed by atoms with Gasteiger partial charge in [0.25, 0.3) is 0 Å². The lowest BCUT2D eigenvalue weighted by Crippen LogP contribution is -2.45. The van der Waals surface area contributed by atoms with E-state index in [0.29, 0.717) is 0 Å². The van der Waals surface area contributed by atoms with Crippen LogP contribution in [0.5, 0.6) is 0 Å². The van der Waals surface area contributed by atoms with Gasteiger partial charge in [0, 0.05) is 12.7 Å². The topological polar surface area (TPSA) is 32.3 Å². The maximum absolute atomic E-state index is 11.0. The third-order valence-electron chi connectivity index (χ3n) is 1.73. The summed E-state index contributed by atoms with van der Waals surface area (Å²) < 4.78 is 0. The Morgan fingerprint density at radius 1 is 1.70 bits per heavy atom. The fraction of sp³-hybridized carbons (Fsp3) is 0.571. The molecule has 10 heavy (non-hydrogen) atoms. The molecule has 0 spiro atoms. The highest BCUT2D eigenvalue weighted by Crippen LogP contribution is 2.06. The monoisotopic (exact) mass is 140 g/mol. The third kappa shape index (κ3) is 1.12. The Balaban J connectivity index is 2.79. The molecule has 0 aromatic heterocycles. The molecule has 1 aliphatic heterocycles. The molecular weight excluding hydrogens is 128 g/mol. The maximum atomic E-state index is 11.0. The predicted molar refractivity (Wildman–Crippen MR) is 39.5 cm³/mol. The molecule has 1 rings (SSSR count). The van der Waals surface area contributed by atoms with Crippen LogP contribution in [0.1, 0.15) is 13.8 Å². The zero-order chi connectivity index (χ0) is 7.72. The minimum absolute atomic E-state index is 0.0208. The van der Waals surface area contributed by atoms with Crippen LogP contribution in [0.15, 0.2) is 11.8 Å². The van der Waals surface area contributed by atoms with Crippen LogP contribution in [-0.4, -0.2) is 24.0 Å². The van der Waals surface area contributed by atoms with Gasteiger partial charge in [0.05, 0.1) is 6.04 Å². The molecule has 1 unspecified atom stereocenters. The molecule has 0 radical (unpaired) electrons. The van der Waals surface area contributed by atoms with Crippen LogP contribution in [-0.2, 0) is 0 Å². The second-order valence-corrected chi connectivity index (χ2v) is 2.63. The van der Waals surface area contributed by atoms with Gasteiger partial charge in [-0.15, -0.1) is 0 Å². The van der Waals surface area contributed by atoms with Crippen molar-refractivity contribution in [1.82, 2.24) is 10.2 Å². The highest BCUT2D eigenvalue weighted by Gasteiger charge is 2.18. The molecule has 1 atom stereocenters. The van der Waals surface area contributed by atoms with E-state index in [0.717, 1.165) is 5.70 Å². The Bertz CT molecular complexity index is 186. The van der Waals surface area contributed by atoms with E-state index in [4.69, 9.17) is 0 Å². The molecular formula is C7H12N2O. The van der Waals surface area contributed by atoms with Crippen LogP contribution < -0.4 is 5.32 Å². The smallest absolute Gasteiger partial charge is 0.321 e. The number of nitrogens with zero attached hydrogens (tertiary/aromatic N) is 1. The van der Waals surface area contributed by atoms with Gasteiger partial charge in [-0.1, -0.05) is 0 Å². The second-order valence-electron chi connectivity index (χ2n) is 2.63. The summed E-state index contributed by atoms with van der Waals surface area (Å²) in [5.74, 6) is 0. The van der Waals surface area contributed by atoms with E-state index in [1.807, 2.05) is 19.9 Å². The van der Waals surface area contributed by atoms with Crippen molar-refractivity contribution in [2.45, 2.75) is 19.9 Å². The molecule has 3 nitrogen and oxygen atoms in total. The number of nitrogens with one attached hydrogen (secondary N) is 1. The summed E-state index contributed by atoms with van der Waals surface area (Å²) in [7, 11) is 1.78. The number of hydrogen-bond acceptors (Lipinski definition) is 1. The van der Waals surface area contributed by atoms with Crippen molar-refractivity contribution >= 4 is 6.03 Å². The molecule has 0 aromatic rings. The average Bonchev–Trinajstić information content (AvgIpc) is 1.82. The van der Waals surface area contributed by atoms with Gasteiger partial charge in [0.15, 0.2) is 0 Å². The van der Waals surface area contributed by atoms with Crippen LogP contribution in [0.3, 0.4) is 0 Å². The summed E-state index contributed by atoms with van der Waals surface area (Å²) in [6.45, 7) is 3.88. The first kappa shape index (κ1) is 7.12. The third-order valence-corrected chi connectivity index (χ3v) is 1.73. The molecule has 3 heteroatoms. The molecule has 56 valence electrons. The van der Waals surface area contributed by atoms with Crippen LogP contribution in [0.4, 0.5) is 4.79 Å². The lowest BCUT2D eigenvalue weighted by Gasteiger charge is -2.27. The molecule has 1 aliphatic rings. The first-order chi connectivity index (χ1) is 4.61. The van der Waals surface area contributed by atoms with E-state index in [1.54, 1.807) is 11.9 Å². The van der Waals surface area contributed by atoms with E-state index < -0.39 is 0 Å². The van der Waals surface area contributed by atoms with Gasteiger partial charge >= 0.3 is 6.03 Å². The van der Waals surface area contributed by atoms with Gasteiger partial charge in [-0.25, -0.2) is 4.79 Å². The second kappa shape index (κ2) is 2.33. The molecule has 2 amide bonds. The lowest BCUT2D eigenvalue weighted by atomic mass is 10.2. The minimum Gasteiger partial charge on any atom is -0.321 e. The van der Waals surface area contributed by atoms with Gasteiger partial charge in [-0.3, -0.25) is 0 Å². The zero-order valence-corrected chi connectivity index (χ0v) is 6.51. The quantitative estimate of drug-likeness (QED) is 0.533.